The minimum atomic E-state index is -0.0877. The lowest BCUT2D eigenvalue weighted by atomic mass is 9.96. The molecular weight excluding hydrogens is 330 g/mol. The van der Waals surface area contributed by atoms with Gasteiger partial charge in [-0.3, -0.25) is 0 Å². The number of furan rings is 1. The van der Waals surface area contributed by atoms with Crippen LogP contribution in [0.4, 0.5) is 0 Å². The van der Waals surface area contributed by atoms with Gasteiger partial charge in [-0.2, -0.15) is 0 Å². The van der Waals surface area contributed by atoms with Crippen molar-refractivity contribution in [3.05, 3.63) is 58.8 Å². The zero-order chi connectivity index (χ0) is 17.8. The first-order valence-corrected chi connectivity index (χ1v) is 9.52. The molecule has 0 saturated heterocycles. The number of hydrogen-bond acceptors (Lipinski definition) is 2. The molecule has 0 fully saturated rings. The third-order valence-corrected chi connectivity index (χ3v) is 4.96. The number of rotatable bonds is 7. The number of fused-ring (bicyclic) bond motifs is 1. The van der Waals surface area contributed by atoms with Crippen LogP contribution in [0.3, 0.4) is 0 Å². The third kappa shape index (κ3) is 4.08. The van der Waals surface area contributed by atoms with Crippen LogP contribution in [0.5, 0.6) is 0 Å². The van der Waals surface area contributed by atoms with Crippen LogP contribution in [-0.4, -0.2) is 0 Å². The molecule has 3 rings (SSSR count). The zero-order valence-electron chi connectivity index (χ0n) is 15.0. The van der Waals surface area contributed by atoms with Gasteiger partial charge in [-0.15, -0.1) is 0 Å². The van der Waals surface area contributed by atoms with Crippen LogP contribution in [0.1, 0.15) is 56.4 Å². The lowest BCUT2D eigenvalue weighted by molar-refractivity contribution is 0.463. The molecule has 3 aromatic rings. The maximum atomic E-state index is 6.53. The molecule has 0 bridgehead atoms. The van der Waals surface area contributed by atoms with Gasteiger partial charge < -0.3 is 10.2 Å². The van der Waals surface area contributed by atoms with Crippen molar-refractivity contribution >= 4 is 22.6 Å². The van der Waals surface area contributed by atoms with Crippen molar-refractivity contribution in [3.8, 4) is 11.1 Å². The monoisotopic (exact) mass is 355 g/mol. The molecule has 2 aromatic carbocycles. The Hall–Kier alpha value is -1.77. The maximum absolute atomic E-state index is 6.53. The molecule has 2 N–H and O–H groups in total. The Labute approximate surface area is 155 Å². The van der Waals surface area contributed by atoms with Gasteiger partial charge in [0.05, 0.1) is 6.04 Å². The van der Waals surface area contributed by atoms with Gasteiger partial charge in [0.1, 0.15) is 11.3 Å². The molecule has 0 amide bonds. The van der Waals surface area contributed by atoms with Crippen LogP contribution >= 0.6 is 11.6 Å². The molecule has 1 unspecified atom stereocenters. The Morgan fingerprint density at radius 2 is 1.80 bits per heavy atom. The Morgan fingerprint density at radius 1 is 1.04 bits per heavy atom. The molecule has 0 saturated carbocycles. The first kappa shape index (κ1) is 18.0. The quantitative estimate of drug-likeness (QED) is 0.462. The molecular formula is C22H26ClNO. The number of nitrogens with two attached hydrogens (primary N) is 1. The average molecular weight is 356 g/mol. The molecule has 2 nitrogen and oxygen atoms in total. The van der Waals surface area contributed by atoms with E-state index in [1.54, 1.807) is 0 Å². The highest BCUT2D eigenvalue weighted by molar-refractivity contribution is 6.30. The predicted molar refractivity (Wildman–Crippen MR) is 107 cm³/mol. The van der Waals surface area contributed by atoms with Crippen molar-refractivity contribution in [3.63, 3.8) is 0 Å². The van der Waals surface area contributed by atoms with E-state index in [0.717, 1.165) is 45.7 Å². The summed E-state index contributed by atoms with van der Waals surface area (Å²) in [6, 6.07) is 14.1. The second-order valence-corrected chi connectivity index (χ2v) is 7.24. The molecule has 25 heavy (non-hydrogen) atoms. The summed E-state index contributed by atoms with van der Waals surface area (Å²) in [6.07, 6.45) is 5.79. The topological polar surface area (TPSA) is 39.2 Å². The molecule has 0 aliphatic carbocycles. The fourth-order valence-electron chi connectivity index (χ4n) is 3.33. The lowest BCUT2D eigenvalue weighted by Gasteiger charge is -2.12. The molecule has 132 valence electrons. The van der Waals surface area contributed by atoms with Crippen LogP contribution in [-0.2, 0) is 0 Å². The van der Waals surface area contributed by atoms with Gasteiger partial charge in [-0.05, 0) is 43.2 Å². The second kappa shape index (κ2) is 8.07. The first-order valence-electron chi connectivity index (χ1n) is 9.14. The second-order valence-electron chi connectivity index (χ2n) is 6.80. The van der Waals surface area contributed by atoms with Crippen LogP contribution in [0.15, 0.2) is 46.9 Å². The van der Waals surface area contributed by atoms with Gasteiger partial charge in [0.2, 0.25) is 0 Å². The summed E-state index contributed by atoms with van der Waals surface area (Å²) in [7, 11) is 0. The normalized spacial score (nSPS) is 12.6. The predicted octanol–water partition coefficient (Wildman–Crippen LogP) is 7.03. The molecule has 0 spiro atoms. The molecule has 3 heteroatoms. The number of aryl methyl sites for hydroxylation is 1. The molecule has 0 radical (unpaired) electrons. The summed E-state index contributed by atoms with van der Waals surface area (Å²) in [5.74, 6) is 0.888. The largest absolute Gasteiger partial charge is 0.459 e. The van der Waals surface area contributed by atoms with Crippen molar-refractivity contribution in [2.45, 2.75) is 52.0 Å². The van der Waals surface area contributed by atoms with Gasteiger partial charge in [-0.25, -0.2) is 0 Å². The summed E-state index contributed by atoms with van der Waals surface area (Å²) in [6.45, 7) is 4.32. The van der Waals surface area contributed by atoms with E-state index >= 15 is 0 Å². The van der Waals surface area contributed by atoms with Crippen LogP contribution in [0, 0.1) is 6.92 Å². The Bertz CT molecular complexity index is 835. The fraction of sp³-hybridized carbons (Fsp3) is 0.364. The minimum Gasteiger partial charge on any atom is -0.459 e. The van der Waals surface area contributed by atoms with Crippen molar-refractivity contribution < 1.29 is 4.42 Å². The number of unbranched alkanes of at least 4 members (excludes halogenated alkanes) is 3. The highest BCUT2D eigenvalue weighted by Crippen LogP contribution is 2.39. The van der Waals surface area contributed by atoms with E-state index in [9.17, 15) is 0 Å². The third-order valence-electron chi connectivity index (χ3n) is 4.71. The van der Waals surface area contributed by atoms with E-state index in [-0.39, 0.29) is 6.04 Å². The highest BCUT2D eigenvalue weighted by Gasteiger charge is 2.21. The average Bonchev–Trinajstić information content (AvgIpc) is 2.98. The maximum Gasteiger partial charge on any atom is 0.135 e. The Balaban J connectivity index is 2.01. The fourth-order valence-corrected chi connectivity index (χ4v) is 3.45. The summed E-state index contributed by atoms with van der Waals surface area (Å²) in [4.78, 5) is 0. The summed E-state index contributed by atoms with van der Waals surface area (Å²) >= 11 is 6.07. The van der Waals surface area contributed by atoms with Crippen molar-refractivity contribution in [2.24, 2.45) is 5.73 Å². The smallest absolute Gasteiger partial charge is 0.135 e. The van der Waals surface area contributed by atoms with Crippen LogP contribution < -0.4 is 5.73 Å². The van der Waals surface area contributed by atoms with Gasteiger partial charge in [-0.1, -0.05) is 68.0 Å². The summed E-state index contributed by atoms with van der Waals surface area (Å²) < 4.78 is 6.20. The Morgan fingerprint density at radius 3 is 2.52 bits per heavy atom. The zero-order valence-corrected chi connectivity index (χ0v) is 15.8. The van der Waals surface area contributed by atoms with Crippen molar-refractivity contribution in [1.29, 1.82) is 0 Å². The van der Waals surface area contributed by atoms with E-state index in [1.165, 1.54) is 24.8 Å². The van der Waals surface area contributed by atoms with Gasteiger partial charge in [0.15, 0.2) is 0 Å². The standard InChI is InChI=1S/C22H26ClNO/c1-3-4-5-6-7-19(24)22-21(16-9-11-17(23)12-10-16)18-14-15(2)8-13-20(18)25-22/h8-14,19H,3-7,24H2,1-2H3. The SMILES string of the molecule is CCCCCCC(N)c1oc2ccc(C)cc2c1-c1ccc(Cl)cc1. The summed E-state index contributed by atoms with van der Waals surface area (Å²) in [5.41, 5.74) is 10.9. The van der Waals surface area contributed by atoms with Crippen LogP contribution in [0.2, 0.25) is 5.02 Å². The number of hydrogen-bond donors (Lipinski definition) is 1. The van der Waals surface area contributed by atoms with E-state index in [2.05, 4.69) is 26.0 Å². The van der Waals surface area contributed by atoms with Gasteiger partial charge in [0, 0.05) is 16.0 Å². The molecule has 1 heterocycles. The number of halogens is 1. The highest BCUT2D eigenvalue weighted by atomic mass is 35.5. The Kier molecular flexibility index (Phi) is 5.82. The molecule has 1 aromatic heterocycles. The van der Waals surface area contributed by atoms with Crippen molar-refractivity contribution in [1.82, 2.24) is 0 Å². The van der Waals surface area contributed by atoms with Gasteiger partial charge in [0.25, 0.3) is 0 Å². The van der Waals surface area contributed by atoms with E-state index in [1.807, 2.05) is 30.3 Å². The lowest BCUT2D eigenvalue weighted by Crippen LogP contribution is -2.10. The van der Waals surface area contributed by atoms with Gasteiger partial charge >= 0.3 is 0 Å². The van der Waals surface area contributed by atoms with Crippen molar-refractivity contribution in [2.75, 3.05) is 0 Å². The molecule has 1 atom stereocenters. The van der Waals surface area contributed by atoms with Crippen LogP contribution in [0.25, 0.3) is 22.1 Å². The van der Waals surface area contributed by atoms with E-state index in [4.69, 9.17) is 21.8 Å². The van der Waals surface area contributed by atoms with E-state index in [0.29, 0.717) is 0 Å². The number of benzene rings is 2. The van der Waals surface area contributed by atoms with E-state index < -0.39 is 0 Å². The summed E-state index contributed by atoms with van der Waals surface area (Å²) in [5, 5.41) is 1.86. The molecule has 0 aliphatic rings. The minimum absolute atomic E-state index is 0.0877. The molecule has 0 aliphatic heterocycles. The first-order chi connectivity index (χ1) is 12.1.